The number of hydrogen-bond acceptors (Lipinski definition) is 5. The molecule has 1 heterocycles. The number of carboxylic acids is 1. The number of halogens is 3. The third-order valence-electron chi connectivity index (χ3n) is 5.11. The lowest BCUT2D eigenvalue weighted by Crippen LogP contribution is -2.41. The molecule has 0 spiro atoms. The van der Waals surface area contributed by atoms with Crippen molar-refractivity contribution < 1.29 is 32.6 Å². The van der Waals surface area contributed by atoms with E-state index in [-0.39, 0.29) is 29.7 Å². The molecule has 0 fully saturated rings. The molecular formula is C25H23F3N2O4S. The molecule has 1 amide bonds. The topological polar surface area (TPSA) is 88.5 Å². The van der Waals surface area contributed by atoms with Gasteiger partial charge in [-0.25, -0.2) is 4.79 Å². The molecule has 0 bridgehead atoms. The van der Waals surface area contributed by atoms with Crippen molar-refractivity contribution >= 4 is 23.6 Å². The predicted octanol–water partition coefficient (Wildman–Crippen LogP) is 5.28. The summed E-state index contributed by atoms with van der Waals surface area (Å²) in [5, 5.41) is 11.9. The van der Waals surface area contributed by atoms with Gasteiger partial charge in [0.2, 0.25) is 0 Å². The van der Waals surface area contributed by atoms with E-state index in [1.165, 1.54) is 48.3 Å². The average Bonchev–Trinajstić information content (AvgIpc) is 2.85. The molecule has 0 aliphatic carbocycles. The number of rotatable bonds is 10. The highest BCUT2D eigenvalue weighted by Crippen LogP contribution is 2.38. The van der Waals surface area contributed by atoms with Crippen LogP contribution in [0.1, 0.15) is 27.9 Å². The monoisotopic (exact) mass is 504 g/mol. The van der Waals surface area contributed by atoms with Crippen LogP contribution in [0.25, 0.3) is 11.1 Å². The van der Waals surface area contributed by atoms with Gasteiger partial charge in [-0.05, 0) is 65.5 Å². The number of aromatic nitrogens is 1. The van der Waals surface area contributed by atoms with Crippen LogP contribution in [0, 0.1) is 0 Å². The molecule has 0 radical (unpaired) electrons. The highest BCUT2D eigenvalue weighted by atomic mass is 32.2. The first-order valence-electron chi connectivity index (χ1n) is 10.6. The molecule has 6 nitrogen and oxygen atoms in total. The predicted molar refractivity (Wildman–Crippen MR) is 127 cm³/mol. The third-order valence-corrected chi connectivity index (χ3v) is 5.75. The summed E-state index contributed by atoms with van der Waals surface area (Å²) in [6.07, 6.45) is 0.403. The van der Waals surface area contributed by atoms with Crippen molar-refractivity contribution in [2.45, 2.75) is 25.2 Å². The highest BCUT2D eigenvalue weighted by Gasteiger charge is 2.34. The van der Waals surface area contributed by atoms with Gasteiger partial charge in [0.05, 0.1) is 11.8 Å². The number of ether oxygens (including phenoxy) is 1. The quantitative estimate of drug-likeness (QED) is 0.391. The summed E-state index contributed by atoms with van der Waals surface area (Å²) in [6, 6.07) is 11.5. The Balaban J connectivity index is 2.02. The Bertz CT molecular complexity index is 1170. The fourth-order valence-electron chi connectivity index (χ4n) is 3.40. The van der Waals surface area contributed by atoms with E-state index in [9.17, 15) is 27.9 Å². The van der Waals surface area contributed by atoms with Crippen molar-refractivity contribution in [3.8, 4) is 16.9 Å². The van der Waals surface area contributed by atoms with Crippen molar-refractivity contribution in [1.82, 2.24) is 10.3 Å². The number of aliphatic carboxylic acids is 1. The van der Waals surface area contributed by atoms with E-state index in [1.807, 2.05) is 0 Å². The maximum atomic E-state index is 13.8. The Morgan fingerprint density at radius 3 is 2.54 bits per heavy atom. The van der Waals surface area contributed by atoms with Gasteiger partial charge >= 0.3 is 12.1 Å². The number of nitrogens with one attached hydrogen (secondary N) is 1. The molecule has 2 aromatic carbocycles. The van der Waals surface area contributed by atoms with E-state index >= 15 is 0 Å². The zero-order valence-corrected chi connectivity index (χ0v) is 19.5. The zero-order valence-electron chi connectivity index (χ0n) is 18.7. The van der Waals surface area contributed by atoms with Crippen LogP contribution in [0.15, 0.2) is 67.0 Å². The Morgan fingerprint density at radius 1 is 1.11 bits per heavy atom. The Labute approximate surface area is 204 Å². The second-order valence-corrected chi connectivity index (χ2v) is 8.53. The number of alkyl halides is 3. The van der Waals surface area contributed by atoms with Gasteiger partial charge in [-0.3, -0.25) is 9.78 Å². The largest absolute Gasteiger partial charge is 0.487 e. The molecule has 35 heavy (non-hydrogen) atoms. The van der Waals surface area contributed by atoms with Crippen LogP contribution >= 0.6 is 11.8 Å². The number of carboxylic acid groups (broad SMARTS) is 1. The van der Waals surface area contributed by atoms with Crippen LogP contribution in [-0.2, 0) is 17.6 Å². The molecule has 184 valence electrons. The molecule has 0 unspecified atom stereocenters. The van der Waals surface area contributed by atoms with Gasteiger partial charge in [-0.2, -0.15) is 24.9 Å². The van der Waals surface area contributed by atoms with Crippen LogP contribution in [0.3, 0.4) is 0 Å². The standard InChI is InChI=1S/C25H23F3N2O4S/c1-35-12-10-22(24(32)33)30-23(31)19-9-8-16(15-34-17-5-4-11-29-14-17)13-20(19)18-6-2-3-7-21(18)25(26,27)28/h2-9,11,13-14,22H,10,12,15H2,1H3,(H,30,31)(H,32,33)/t22-/m0/s1. The summed E-state index contributed by atoms with van der Waals surface area (Å²) in [4.78, 5) is 28.6. The van der Waals surface area contributed by atoms with E-state index in [0.717, 1.165) is 6.07 Å². The van der Waals surface area contributed by atoms with Crippen LogP contribution in [0.2, 0.25) is 0 Å². The summed E-state index contributed by atoms with van der Waals surface area (Å²) in [5.74, 6) is -1.02. The Kier molecular flexibility index (Phi) is 8.75. The van der Waals surface area contributed by atoms with Crippen LogP contribution < -0.4 is 10.1 Å². The number of nitrogens with zero attached hydrogens (tertiary/aromatic N) is 1. The van der Waals surface area contributed by atoms with E-state index in [2.05, 4.69) is 10.3 Å². The number of amides is 1. The van der Waals surface area contributed by atoms with E-state index in [0.29, 0.717) is 17.1 Å². The van der Waals surface area contributed by atoms with Gasteiger partial charge in [0.15, 0.2) is 0 Å². The molecule has 3 aromatic rings. The third kappa shape index (κ3) is 6.98. The van der Waals surface area contributed by atoms with Crippen molar-refractivity contribution in [3.63, 3.8) is 0 Å². The molecule has 3 rings (SSSR count). The minimum atomic E-state index is -4.66. The van der Waals surface area contributed by atoms with E-state index in [1.54, 1.807) is 30.7 Å². The first-order chi connectivity index (χ1) is 16.7. The maximum absolute atomic E-state index is 13.8. The summed E-state index contributed by atoms with van der Waals surface area (Å²) in [5.41, 5.74) is -0.616. The zero-order chi connectivity index (χ0) is 25.4. The minimum absolute atomic E-state index is 0.0247. The molecule has 1 aromatic heterocycles. The van der Waals surface area contributed by atoms with Crippen molar-refractivity contribution in [3.05, 3.63) is 83.7 Å². The number of thioether (sulfide) groups is 1. The highest BCUT2D eigenvalue weighted by molar-refractivity contribution is 7.98. The second-order valence-electron chi connectivity index (χ2n) is 7.55. The van der Waals surface area contributed by atoms with Gasteiger partial charge in [-0.15, -0.1) is 0 Å². The van der Waals surface area contributed by atoms with E-state index in [4.69, 9.17) is 4.74 Å². The van der Waals surface area contributed by atoms with Crippen LogP contribution in [0.4, 0.5) is 13.2 Å². The normalized spacial score (nSPS) is 12.1. The van der Waals surface area contributed by atoms with Crippen molar-refractivity contribution in [1.29, 1.82) is 0 Å². The molecule has 10 heteroatoms. The smallest absolute Gasteiger partial charge is 0.417 e. The van der Waals surface area contributed by atoms with Crippen LogP contribution in [-0.4, -0.2) is 40.0 Å². The molecule has 2 N–H and O–H groups in total. The molecule has 0 saturated heterocycles. The number of carbonyl (C=O) groups excluding carboxylic acids is 1. The number of benzene rings is 2. The summed E-state index contributed by atoms with van der Waals surface area (Å²) in [7, 11) is 0. The van der Waals surface area contributed by atoms with Crippen molar-refractivity contribution in [2.24, 2.45) is 0 Å². The van der Waals surface area contributed by atoms with Gasteiger partial charge in [0.25, 0.3) is 5.91 Å². The molecule has 1 atom stereocenters. The molecule has 0 aliphatic rings. The van der Waals surface area contributed by atoms with Gasteiger partial charge < -0.3 is 15.2 Å². The summed E-state index contributed by atoms with van der Waals surface area (Å²) in [6.45, 7) is 0.0280. The second kappa shape index (κ2) is 11.7. The lowest BCUT2D eigenvalue weighted by molar-refractivity contribution is -0.139. The van der Waals surface area contributed by atoms with Gasteiger partial charge in [0, 0.05) is 11.8 Å². The molecule has 0 aliphatic heterocycles. The van der Waals surface area contributed by atoms with Crippen LogP contribution in [0.5, 0.6) is 5.75 Å². The summed E-state index contributed by atoms with van der Waals surface area (Å²) < 4.78 is 47.0. The lowest BCUT2D eigenvalue weighted by atomic mass is 9.93. The fourth-order valence-corrected chi connectivity index (χ4v) is 3.87. The first-order valence-corrected chi connectivity index (χ1v) is 11.9. The SMILES string of the molecule is CSCC[C@H](NC(=O)c1ccc(COc2cccnc2)cc1-c1ccccc1C(F)(F)F)C(=O)O. The number of carbonyl (C=O) groups is 2. The Morgan fingerprint density at radius 2 is 1.89 bits per heavy atom. The first kappa shape index (κ1) is 26.1. The van der Waals surface area contributed by atoms with Crippen molar-refractivity contribution in [2.75, 3.05) is 12.0 Å². The lowest BCUT2D eigenvalue weighted by Gasteiger charge is -2.19. The number of pyridine rings is 1. The molecular weight excluding hydrogens is 481 g/mol. The van der Waals surface area contributed by atoms with Gasteiger partial charge in [-0.1, -0.05) is 24.3 Å². The maximum Gasteiger partial charge on any atom is 0.417 e. The fraction of sp³-hybridized carbons (Fsp3) is 0.240. The molecule has 0 saturated carbocycles. The van der Waals surface area contributed by atoms with E-state index < -0.39 is 29.7 Å². The Hall–Kier alpha value is -3.53. The number of hydrogen-bond donors (Lipinski definition) is 2. The minimum Gasteiger partial charge on any atom is -0.487 e. The van der Waals surface area contributed by atoms with Gasteiger partial charge in [0.1, 0.15) is 18.4 Å². The average molecular weight is 505 g/mol. The summed E-state index contributed by atoms with van der Waals surface area (Å²) >= 11 is 1.42.